The van der Waals surface area contributed by atoms with E-state index in [0.29, 0.717) is 10.6 Å². The molecule has 1 heterocycles. The SMILES string of the molecule is Cc1ccccc1NC(=O)c1c(NC(=O)C[C@H](C)CC(=O)O)sc2c1CCC2. The summed E-state index contributed by atoms with van der Waals surface area (Å²) in [4.78, 5) is 37.4. The molecule has 0 bridgehead atoms. The summed E-state index contributed by atoms with van der Waals surface area (Å²) in [5.41, 5.74) is 3.28. The Balaban J connectivity index is 1.79. The van der Waals surface area contributed by atoms with E-state index in [0.717, 1.165) is 41.0 Å². The van der Waals surface area contributed by atoms with E-state index in [1.807, 2.05) is 31.2 Å². The largest absolute Gasteiger partial charge is 0.481 e. The van der Waals surface area contributed by atoms with E-state index in [2.05, 4.69) is 10.6 Å². The summed E-state index contributed by atoms with van der Waals surface area (Å²) >= 11 is 1.45. The Morgan fingerprint density at radius 3 is 2.61 bits per heavy atom. The van der Waals surface area contributed by atoms with Crippen molar-refractivity contribution in [2.75, 3.05) is 10.6 Å². The summed E-state index contributed by atoms with van der Waals surface area (Å²) in [6.07, 6.45) is 2.79. The van der Waals surface area contributed by atoms with Crippen molar-refractivity contribution in [3.05, 3.63) is 45.8 Å². The molecule has 2 aromatic rings. The third-order valence-corrected chi connectivity index (χ3v) is 6.06. The maximum Gasteiger partial charge on any atom is 0.303 e. The van der Waals surface area contributed by atoms with Gasteiger partial charge in [0, 0.05) is 23.4 Å². The molecule has 0 aliphatic heterocycles. The van der Waals surface area contributed by atoms with Crippen molar-refractivity contribution >= 4 is 39.8 Å². The summed E-state index contributed by atoms with van der Waals surface area (Å²) < 4.78 is 0. The molecule has 3 rings (SSSR count). The molecule has 0 fully saturated rings. The summed E-state index contributed by atoms with van der Waals surface area (Å²) in [5.74, 6) is -1.68. The van der Waals surface area contributed by atoms with E-state index < -0.39 is 5.97 Å². The lowest BCUT2D eigenvalue weighted by molar-refractivity contribution is -0.138. The van der Waals surface area contributed by atoms with E-state index in [1.165, 1.54) is 11.3 Å². The highest BCUT2D eigenvalue weighted by Gasteiger charge is 2.28. The van der Waals surface area contributed by atoms with Crippen molar-refractivity contribution in [2.45, 2.75) is 46.0 Å². The molecule has 6 nitrogen and oxygen atoms in total. The number of carbonyl (C=O) groups excluding carboxylic acids is 2. The molecule has 1 aliphatic rings. The Morgan fingerprint density at radius 2 is 1.89 bits per heavy atom. The van der Waals surface area contributed by atoms with Gasteiger partial charge >= 0.3 is 5.97 Å². The normalized spacial score (nSPS) is 13.6. The molecule has 28 heavy (non-hydrogen) atoms. The van der Waals surface area contributed by atoms with Crippen LogP contribution in [0.25, 0.3) is 0 Å². The highest BCUT2D eigenvalue weighted by atomic mass is 32.1. The number of carbonyl (C=O) groups is 3. The molecule has 1 aliphatic carbocycles. The van der Waals surface area contributed by atoms with Gasteiger partial charge in [-0.05, 0) is 49.3 Å². The van der Waals surface area contributed by atoms with Gasteiger partial charge in [0.15, 0.2) is 0 Å². The minimum absolute atomic E-state index is 0.0605. The van der Waals surface area contributed by atoms with Crippen LogP contribution in [0.5, 0.6) is 0 Å². The van der Waals surface area contributed by atoms with Gasteiger partial charge in [0.2, 0.25) is 5.91 Å². The van der Waals surface area contributed by atoms with Gasteiger partial charge in [-0.2, -0.15) is 0 Å². The number of amides is 2. The van der Waals surface area contributed by atoms with Crippen molar-refractivity contribution < 1.29 is 19.5 Å². The lowest BCUT2D eigenvalue weighted by Gasteiger charge is -2.12. The minimum Gasteiger partial charge on any atom is -0.481 e. The van der Waals surface area contributed by atoms with Crippen LogP contribution >= 0.6 is 11.3 Å². The van der Waals surface area contributed by atoms with Gasteiger partial charge in [-0.15, -0.1) is 11.3 Å². The second-order valence-electron chi connectivity index (χ2n) is 7.29. The molecule has 0 spiro atoms. The molecule has 0 unspecified atom stereocenters. The van der Waals surface area contributed by atoms with Crippen LogP contribution in [0.3, 0.4) is 0 Å². The van der Waals surface area contributed by atoms with Gasteiger partial charge < -0.3 is 15.7 Å². The van der Waals surface area contributed by atoms with Gasteiger partial charge in [0.05, 0.1) is 5.56 Å². The van der Waals surface area contributed by atoms with Gasteiger partial charge in [0.1, 0.15) is 5.00 Å². The molecule has 148 valence electrons. The fourth-order valence-corrected chi connectivity index (χ4v) is 4.80. The van der Waals surface area contributed by atoms with Crippen LogP contribution in [0.2, 0.25) is 0 Å². The highest BCUT2D eigenvalue weighted by Crippen LogP contribution is 2.39. The maximum atomic E-state index is 13.0. The Hall–Kier alpha value is -2.67. The van der Waals surface area contributed by atoms with E-state index in [4.69, 9.17) is 5.11 Å². The van der Waals surface area contributed by atoms with Crippen LogP contribution in [-0.2, 0) is 22.4 Å². The molecule has 0 saturated heterocycles. The summed E-state index contributed by atoms with van der Waals surface area (Å²) in [7, 11) is 0. The number of aryl methyl sites for hydroxylation is 2. The van der Waals surface area contributed by atoms with Crippen LogP contribution < -0.4 is 10.6 Å². The Labute approximate surface area is 168 Å². The van der Waals surface area contributed by atoms with E-state index in [9.17, 15) is 14.4 Å². The fourth-order valence-electron chi connectivity index (χ4n) is 3.49. The quantitative estimate of drug-likeness (QED) is 0.648. The smallest absolute Gasteiger partial charge is 0.303 e. The number of carboxylic acids is 1. The van der Waals surface area contributed by atoms with Gasteiger partial charge in [-0.1, -0.05) is 25.1 Å². The zero-order valence-corrected chi connectivity index (χ0v) is 16.8. The first-order valence-electron chi connectivity index (χ1n) is 9.38. The van der Waals surface area contributed by atoms with E-state index >= 15 is 0 Å². The summed E-state index contributed by atoms with van der Waals surface area (Å²) in [5, 5.41) is 15.2. The van der Waals surface area contributed by atoms with Crippen molar-refractivity contribution in [3.63, 3.8) is 0 Å². The first kappa shape index (κ1) is 20.1. The van der Waals surface area contributed by atoms with Crippen LogP contribution in [0.15, 0.2) is 24.3 Å². The summed E-state index contributed by atoms with van der Waals surface area (Å²) in [6, 6.07) is 7.57. The second-order valence-corrected chi connectivity index (χ2v) is 8.39. The first-order chi connectivity index (χ1) is 13.3. The number of hydrogen-bond acceptors (Lipinski definition) is 4. The Kier molecular flexibility index (Phi) is 6.14. The number of nitrogens with one attached hydrogen (secondary N) is 2. The van der Waals surface area contributed by atoms with E-state index in [-0.39, 0.29) is 30.6 Å². The van der Waals surface area contributed by atoms with Gasteiger partial charge in [-0.3, -0.25) is 14.4 Å². The number of aliphatic carboxylic acids is 1. The second kappa shape index (κ2) is 8.56. The van der Waals surface area contributed by atoms with Crippen molar-refractivity contribution in [1.29, 1.82) is 0 Å². The molecule has 0 saturated carbocycles. The zero-order valence-electron chi connectivity index (χ0n) is 16.0. The Morgan fingerprint density at radius 1 is 1.14 bits per heavy atom. The number of anilines is 2. The van der Waals surface area contributed by atoms with Crippen LogP contribution in [-0.4, -0.2) is 22.9 Å². The number of hydrogen-bond donors (Lipinski definition) is 3. The monoisotopic (exact) mass is 400 g/mol. The third-order valence-electron chi connectivity index (χ3n) is 4.85. The van der Waals surface area contributed by atoms with Crippen LogP contribution in [0, 0.1) is 12.8 Å². The minimum atomic E-state index is -0.923. The first-order valence-corrected chi connectivity index (χ1v) is 10.2. The topological polar surface area (TPSA) is 95.5 Å². The van der Waals surface area contributed by atoms with Crippen LogP contribution in [0.4, 0.5) is 10.7 Å². The molecule has 3 N–H and O–H groups in total. The third kappa shape index (κ3) is 4.59. The molecule has 1 aromatic carbocycles. The molecular formula is C21H24N2O4S. The zero-order chi connectivity index (χ0) is 20.3. The van der Waals surface area contributed by atoms with Gasteiger partial charge in [0.25, 0.3) is 5.91 Å². The molecule has 1 atom stereocenters. The van der Waals surface area contributed by atoms with E-state index in [1.54, 1.807) is 6.92 Å². The Bertz CT molecular complexity index is 919. The lowest BCUT2D eigenvalue weighted by Crippen LogP contribution is -2.20. The molecule has 0 radical (unpaired) electrons. The van der Waals surface area contributed by atoms with Crippen LogP contribution in [0.1, 0.15) is 52.5 Å². The number of para-hydroxylation sites is 1. The number of carboxylic acid groups (broad SMARTS) is 1. The fraction of sp³-hybridized carbons (Fsp3) is 0.381. The number of thiophene rings is 1. The average Bonchev–Trinajstić information content (AvgIpc) is 3.16. The van der Waals surface area contributed by atoms with Crippen molar-refractivity contribution in [1.82, 2.24) is 0 Å². The maximum absolute atomic E-state index is 13.0. The summed E-state index contributed by atoms with van der Waals surface area (Å²) in [6.45, 7) is 3.66. The standard InChI is InChI=1S/C21H24N2O4S/c1-12(11-18(25)26)10-17(24)23-21-19(14-7-5-9-16(14)28-21)20(27)22-15-8-4-3-6-13(15)2/h3-4,6,8,12H,5,7,9-11H2,1-2H3,(H,22,27)(H,23,24)(H,25,26)/t12-/m0/s1. The van der Waals surface area contributed by atoms with Gasteiger partial charge in [-0.25, -0.2) is 0 Å². The molecule has 7 heteroatoms. The van der Waals surface area contributed by atoms with Crippen molar-refractivity contribution in [3.8, 4) is 0 Å². The number of rotatable bonds is 7. The molecule has 1 aromatic heterocycles. The highest BCUT2D eigenvalue weighted by molar-refractivity contribution is 7.17. The number of fused-ring (bicyclic) bond motifs is 1. The average molecular weight is 401 g/mol. The molecule has 2 amide bonds. The molecular weight excluding hydrogens is 376 g/mol. The predicted molar refractivity (Wildman–Crippen MR) is 110 cm³/mol. The van der Waals surface area contributed by atoms with Crippen molar-refractivity contribution in [2.24, 2.45) is 5.92 Å². The lowest BCUT2D eigenvalue weighted by atomic mass is 10.0. The predicted octanol–water partition coefficient (Wildman–Crippen LogP) is 4.24. The number of benzene rings is 1.